The molecule has 150 valence electrons. The highest BCUT2D eigenvalue weighted by Gasteiger charge is 2.14. The summed E-state index contributed by atoms with van der Waals surface area (Å²) in [5, 5.41) is 3.98. The van der Waals surface area contributed by atoms with Gasteiger partial charge in [0.25, 0.3) is 5.56 Å². The van der Waals surface area contributed by atoms with Crippen LogP contribution in [0, 0.1) is 0 Å². The zero-order valence-electron chi connectivity index (χ0n) is 15.9. The van der Waals surface area contributed by atoms with Crippen LogP contribution in [0.25, 0.3) is 5.69 Å². The minimum Gasteiger partial charge on any atom is -0.492 e. The predicted octanol–water partition coefficient (Wildman–Crippen LogP) is 3.60. The van der Waals surface area contributed by atoms with Crippen LogP contribution in [0.15, 0.2) is 65.7 Å². The molecule has 0 amide bonds. The molecule has 1 aliphatic heterocycles. The third-order valence-electron chi connectivity index (χ3n) is 4.79. The lowest BCUT2D eigenvalue weighted by Gasteiger charge is -2.13. The second kappa shape index (κ2) is 9.11. The van der Waals surface area contributed by atoms with Crippen LogP contribution >= 0.6 is 11.6 Å². The van der Waals surface area contributed by atoms with E-state index >= 15 is 0 Å². The van der Waals surface area contributed by atoms with Gasteiger partial charge in [0, 0.05) is 30.2 Å². The van der Waals surface area contributed by atoms with Crippen LogP contribution in [0.2, 0.25) is 5.02 Å². The summed E-state index contributed by atoms with van der Waals surface area (Å²) in [4.78, 5) is 16.7. The number of ether oxygens (including phenoxy) is 2. The summed E-state index contributed by atoms with van der Waals surface area (Å²) < 4.78 is 13.1. The molecule has 0 aliphatic carbocycles. The van der Waals surface area contributed by atoms with E-state index in [4.69, 9.17) is 21.1 Å². The van der Waals surface area contributed by atoms with Gasteiger partial charge < -0.3 is 14.8 Å². The van der Waals surface area contributed by atoms with Gasteiger partial charge in [0.05, 0.1) is 10.7 Å². The molecule has 1 saturated heterocycles. The molecule has 1 atom stereocenters. The molecule has 3 aromatic rings. The fourth-order valence-corrected chi connectivity index (χ4v) is 3.32. The summed E-state index contributed by atoms with van der Waals surface area (Å²) >= 11 is 5.82. The second-order valence-electron chi connectivity index (χ2n) is 6.93. The highest BCUT2D eigenvalue weighted by atomic mass is 35.5. The van der Waals surface area contributed by atoms with Crippen molar-refractivity contribution in [2.45, 2.75) is 25.5 Å². The quantitative estimate of drug-likeness (QED) is 0.643. The van der Waals surface area contributed by atoms with Crippen LogP contribution in [-0.4, -0.2) is 28.7 Å². The Balaban J connectivity index is 1.38. The molecule has 0 unspecified atom stereocenters. The van der Waals surface area contributed by atoms with Crippen molar-refractivity contribution in [2.24, 2.45) is 0 Å². The Morgan fingerprint density at radius 1 is 1.10 bits per heavy atom. The molecule has 1 aromatic carbocycles. The van der Waals surface area contributed by atoms with Crippen LogP contribution in [0.3, 0.4) is 0 Å². The van der Waals surface area contributed by atoms with E-state index in [9.17, 15) is 4.79 Å². The van der Waals surface area contributed by atoms with Crippen molar-refractivity contribution < 1.29 is 9.47 Å². The highest BCUT2D eigenvalue weighted by Crippen LogP contribution is 2.17. The summed E-state index contributed by atoms with van der Waals surface area (Å²) in [5.74, 6) is 1.29. The molecule has 2 aromatic heterocycles. The molecule has 0 saturated carbocycles. The molecule has 29 heavy (non-hydrogen) atoms. The number of aromatic nitrogens is 2. The molecule has 0 radical (unpaired) electrons. The van der Waals surface area contributed by atoms with E-state index in [2.05, 4.69) is 10.3 Å². The summed E-state index contributed by atoms with van der Waals surface area (Å²) in [6.45, 7) is 1.99. The lowest BCUT2D eigenvalue weighted by Crippen LogP contribution is -2.28. The third kappa shape index (κ3) is 5.16. The van der Waals surface area contributed by atoms with Crippen molar-refractivity contribution in [1.82, 2.24) is 14.9 Å². The number of hydrogen-bond donors (Lipinski definition) is 1. The SMILES string of the molecule is O=c1cc(OCc2ccc(Cl)cn2)ccn1-c1ccc(OC[C@@H]2CCCN2)cc1. The smallest absolute Gasteiger partial charge is 0.258 e. The average molecular weight is 412 g/mol. The van der Waals surface area contributed by atoms with Gasteiger partial charge in [0.1, 0.15) is 24.7 Å². The maximum absolute atomic E-state index is 12.5. The third-order valence-corrected chi connectivity index (χ3v) is 5.02. The molecule has 3 heterocycles. The van der Waals surface area contributed by atoms with Gasteiger partial charge in [-0.2, -0.15) is 0 Å². The van der Waals surface area contributed by atoms with Gasteiger partial charge >= 0.3 is 0 Å². The molecule has 1 N–H and O–H groups in total. The van der Waals surface area contributed by atoms with Gasteiger partial charge in [0.15, 0.2) is 0 Å². The first-order valence-corrected chi connectivity index (χ1v) is 9.98. The largest absolute Gasteiger partial charge is 0.492 e. The van der Waals surface area contributed by atoms with Gasteiger partial charge in [-0.1, -0.05) is 11.6 Å². The Morgan fingerprint density at radius 2 is 1.97 bits per heavy atom. The van der Waals surface area contributed by atoms with Gasteiger partial charge in [0.2, 0.25) is 0 Å². The number of halogens is 1. The van der Waals surface area contributed by atoms with Gasteiger partial charge in [-0.15, -0.1) is 0 Å². The Kier molecular flexibility index (Phi) is 6.12. The van der Waals surface area contributed by atoms with E-state index in [1.165, 1.54) is 12.5 Å². The van der Waals surface area contributed by atoms with E-state index in [-0.39, 0.29) is 12.2 Å². The topological polar surface area (TPSA) is 65.4 Å². The van der Waals surface area contributed by atoms with Gasteiger partial charge in [-0.3, -0.25) is 14.3 Å². The first-order valence-electron chi connectivity index (χ1n) is 9.60. The highest BCUT2D eigenvalue weighted by molar-refractivity contribution is 6.30. The minimum atomic E-state index is -0.171. The molecular formula is C22H22ClN3O3. The summed E-state index contributed by atoms with van der Waals surface area (Å²) in [7, 11) is 0. The molecular weight excluding hydrogens is 390 g/mol. The Hall–Kier alpha value is -2.83. The van der Waals surface area contributed by atoms with E-state index in [0.717, 1.165) is 30.1 Å². The molecule has 4 rings (SSSR count). The number of rotatable bonds is 7. The van der Waals surface area contributed by atoms with Crippen molar-refractivity contribution in [2.75, 3.05) is 13.2 Å². The van der Waals surface area contributed by atoms with Crippen LogP contribution in [0.4, 0.5) is 0 Å². The van der Waals surface area contributed by atoms with Crippen LogP contribution in [-0.2, 0) is 6.61 Å². The van der Waals surface area contributed by atoms with E-state index in [0.29, 0.717) is 23.4 Å². The van der Waals surface area contributed by atoms with Crippen LogP contribution < -0.4 is 20.3 Å². The fraction of sp³-hybridized carbons (Fsp3) is 0.273. The summed E-state index contributed by atoms with van der Waals surface area (Å²) in [5.41, 5.74) is 1.34. The number of nitrogens with one attached hydrogen (secondary N) is 1. The zero-order valence-corrected chi connectivity index (χ0v) is 16.6. The van der Waals surface area contributed by atoms with E-state index < -0.39 is 0 Å². The number of hydrogen-bond acceptors (Lipinski definition) is 5. The Labute approximate surface area is 174 Å². The van der Waals surface area contributed by atoms with Crippen molar-refractivity contribution in [3.8, 4) is 17.2 Å². The summed E-state index contributed by atoms with van der Waals surface area (Å²) in [6, 6.07) is 14.7. The zero-order chi connectivity index (χ0) is 20.1. The molecule has 0 bridgehead atoms. The van der Waals surface area contributed by atoms with Crippen molar-refractivity contribution in [3.05, 3.63) is 82.0 Å². The van der Waals surface area contributed by atoms with E-state index in [1.807, 2.05) is 24.3 Å². The van der Waals surface area contributed by atoms with Crippen LogP contribution in [0.1, 0.15) is 18.5 Å². The maximum Gasteiger partial charge on any atom is 0.258 e. The second-order valence-corrected chi connectivity index (χ2v) is 7.36. The first-order chi connectivity index (χ1) is 14.2. The molecule has 1 fully saturated rings. The standard InChI is InChI=1S/C22H22ClN3O3/c23-16-3-4-18(25-13-16)15-29-21-9-11-26(22(27)12-21)19-5-7-20(8-6-19)28-14-17-2-1-10-24-17/h3-9,11-13,17,24H,1-2,10,14-15H2/t17-/m0/s1. The number of benzene rings is 1. The van der Waals surface area contributed by atoms with Gasteiger partial charge in [-0.25, -0.2) is 0 Å². The van der Waals surface area contributed by atoms with Gasteiger partial charge in [-0.05, 0) is 61.9 Å². The van der Waals surface area contributed by atoms with Crippen molar-refractivity contribution in [1.29, 1.82) is 0 Å². The normalized spacial score (nSPS) is 16.0. The Bertz CT molecular complexity index is 997. The number of nitrogens with zero attached hydrogens (tertiary/aromatic N) is 2. The Morgan fingerprint density at radius 3 is 2.66 bits per heavy atom. The number of pyridine rings is 2. The summed E-state index contributed by atoms with van der Waals surface area (Å²) in [6.07, 6.45) is 5.61. The lowest BCUT2D eigenvalue weighted by molar-refractivity contribution is 0.277. The lowest BCUT2D eigenvalue weighted by atomic mass is 10.2. The fourth-order valence-electron chi connectivity index (χ4n) is 3.21. The monoisotopic (exact) mass is 411 g/mol. The molecule has 0 spiro atoms. The average Bonchev–Trinajstić information content (AvgIpc) is 3.26. The van der Waals surface area contributed by atoms with Crippen molar-refractivity contribution >= 4 is 11.6 Å². The van der Waals surface area contributed by atoms with Crippen molar-refractivity contribution in [3.63, 3.8) is 0 Å². The predicted molar refractivity (Wildman–Crippen MR) is 112 cm³/mol. The first kappa shape index (κ1) is 19.5. The van der Waals surface area contributed by atoms with Crippen LogP contribution in [0.5, 0.6) is 11.5 Å². The molecule has 7 heteroatoms. The minimum absolute atomic E-state index is 0.171. The van der Waals surface area contributed by atoms with E-state index in [1.54, 1.807) is 35.2 Å². The molecule has 1 aliphatic rings. The maximum atomic E-state index is 12.5. The molecule has 6 nitrogen and oxygen atoms in total.